The average Bonchev–Trinajstić information content (AvgIpc) is 2.88. The summed E-state index contributed by atoms with van der Waals surface area (Å²) in [6.45, 7) is 2.29. The molecule has 0 aliphatic carbocycles. The Balaban J connectivity index is 2.10. The lowest BCUT2D eigenvalue weighted by Crippen LogP contribution is -2.25. The van der Waals surface area contributed by atoms with Gasteiger partial charge in [-0.15, -0.1) is 0 Å². The second-order valence-corrected chi connectivity index (χ2v) is 4.68. The molecule has 0 bridgehead atoms. The lowest BCUT2D eigenvalue weighted by atomic mass is 10.2. The summed E-state index contributed by atoms with van der Waals surface area (Å²) >= 11 is 0. The van der Waals surface area contributed by atoms with Crippen molar-refractivity contribution in [3.8, 4) is 5.88 Å². The van der Waals surface area contributed by atoms with Gasteiger partial charge in [-0.3, -0.25) is 9.48 Å². The van der Waals surface area contributed by atoms with Gasteiger partial charge in [0.1, 0.15) is 0 Å². The summed E-state index contributed by atoms with van der Waals surface area (Å²) in [7, 11) is 1.32. The molecule has 0 saturated heterocycles. The van der Waals surface area contributed by atoms with Gasteiger partial charge in [-0.1, -0.05) is 0 Å². The summed E-state index contributed by atoms with van der Waals surface area (Å²) in [6, 6.07) is 3.24. The van der Waals surface area contributed by atoms with Crippen LogP contribution in [0.1, 0.15) is 28.5 Å². The number of alkyl halides is 3. The molecule has 1 amide bonds. The summed E-state index contributed by atoms with van der Waals surface area (Å²) in [6.07, 6.45) is -2.15. The van der Waals surface area contributed by atoms with Crippen molar-refractivity contribution in [2.45, 2.75) is 19.6 Å². The van der Waals surface area contributed by atoms with Gasteiger partial charge in [0.15, 0.2) is 5.69 Å². The lowest BCUT2D eigenvalue weighted by Gasteiger charge is -2.08. The minimum absolute atomic E-state index is 0.0492. The van der Waals surface area contributed by atoms with Crippen LogP contribution >= 0.6 is 0 Å². The molecule has 1 N–H and O–H groups in total. The minimum atomic E-state index is -4.69. The van der Waals surface area contributed by atoms with Crippen molar-refractivity contribution in [1.82, 2.24) is 20.1 Å². The van der Waals surface area contributed by atoms with E-state index in [0.717, 1.165) is 10.9 Å². The first-order valence-electron chi connectivity index (χ1n) is 6.78. The molecule has 0 saturated carbocycles. The molecule has 0 radical (unpaired) electrons. The van der Waals surface area contributed by atoms with E-state index in [9.17, 15) is 18.0 Å². The van der Waals surface area contributed by atoms with Gasteiger partial charge in [0.05, 0.1) is 12.2 Å². The fraction of sp³-hybridized carbons (Fsp3) is 0.357. The topological polar surface area (TPSA) is 69.0 Å². The number of rotatable bonds is 5. The maximum atomic E-state index is 12.8. The van der Waals surface area contributed by atoms with Crippen LogP contribution in [0.25, 0.3) is 0 Å². The first-order valence-corrected chi connectivity index (χ1v) is 6.78. The highest BCUT2D eigenvalue weighted by molar-refractivity contribution is 5.95. The third-order valence-corrected chi connectivity index (χ3v) is 2.89. The Hall–Kier alpha value is -2.58. The number of hydrogen-bond acceptors (Lipinski definition) is 4. The first-order chi connectivity index (χ1) is 10.8. The Labute approximate surface area is 130 Å². The van der Waals surface area contributed by atoms with Crippen LogP contribution in [0.2, 0.25) is 0 Å². The number of nitrogens with zero attached hydrogens (tertiary/aromatic N) is 3. The molecule has 2 rings (SSSR count). The van der Waals surface area contributed by atoms with Gasteiger partial charge in [0, 0.05) is 32.1 Å². The zero-order valence-corrected chi connectivity index (χ0v) is 12.5. The van der Waals surface area contributed by atoms with Crippen LogP contribution < -0.4 is 10.1 Å². The molecule has 0 aliphatic heterocycles. The number of halogens is 3. The molecule has 0 spiro atoms. The van der Waals surface area contributed by atoms with Gasteiger partial charge in [-0.2, -0.15) is 18.3 Å². The monoisotopic (exact) mass is 328 g/mol. The predicted molar refractivity (Wildman–Crippen MR) is 74.8 cm³/mol. The standard InChI is InChI=1S/C14H15F3N4O2/c1-3-23-11-6-9(4-5-18-11)7-19-13(22)10-8-21(2)20-12(10)14(15,16)17/h4-6,8H,3,7H2,1-2H3,(H,19,22). The smallest absolute Gasteiger partial charge is 0.435 e. The Bertz CT molecular complexity index is 698. The second-order valence-electron chi connectivity index (χ2n) is 4.68. The zero-order valence-electron chi connectivity index (χ0n) is 12.5. The van der Waals surface area contributed by atoms with E-state index in [2.05, 4.69) is 15.4 Å². The van der Waals surface area contributed by atoms with Gasteiger partial charge in [-0.05, 0) is 18.6 Å². The van der Waals surface area contributed by atoms with Crippen LogP contribution in [0.15, 0.2) is 24.5 Å². The zero-order chi connectivity index (χ0) is 17.0. The van der Waals surface area contributed by atoms with Crippen molar-refractivity contribution in [3.63, 3.8) is 0 Å². The Morgan fingerprint density at radius 3 is 2.83 bits per heavy atom. The minimum Gasteiger partial charge on any atom is -0.478 e. The molecule has 2 aromatic heterocycles. The molecule has 0 aliphatic rings. The van der Waals surface area contributed by atoms with E-state index >= 15 is 0 Å². The number of nitrogens with one attached hydrogen (secondary N) is 1. The van der Waals surface area contributed by atoms with Crippen LogP contribution in [-0.2, 0) is 19.8 Å². The number of ether oxygens (including phenoxy) is 1. The van der Waals surface area contributed by atoms with Crippen molar-refractivity contribution in [3.05, 3.63) is 41.3 Å². The molecule has 6 nitrogen and oxygen atoms in total. The van der Waals surface area contributed by atoms with Crippen molar-refractivity contribution >= 4 is 5.91 Å². The normalized spacial score (nSPS) is 11.3. The highest BCUT2D eigenvalue weighted by Gasteiger charge is 2.38. The van der Waals surface area contributed by atoms with E-state index in [1.54, 1.807) is 19.1 Å². The van der Waals surface area contributed by atoms with Crippen molar-refractivity contribution < 1.29 is 22.7 Å². The number of aryl methyl sites for hydroxylation is 1. The molecule has 0 atom stereocenters. The highest BCUT2D eigenvalue weighted by Crippen LogP contribution is 2.30. The van der Waals surface area contributed by atoms with E-state index in [0.29, 0.717) is 18.1 Å². The molecule has 0 aromatic carbocycles. The molecule has 9 heteroatoms. The number of amides is 1. The summed E-state index contributed by atoms with van der Waals surface area (Å²) in [5.74, 6) is -0.461. The Morgan fingerprint density at radius 2 is 2.17 bits per heavy atom. The number of carbonyl (C=O) groups is 1. The van der Waals surface area contributed by atoms with E-state index in [1.807, 2.05) is 0 Å². The third-order valence-electron chi connectivity index (χ3n) is 2.89. The number of pyridine rings is 1. The lowest BCUT2D eigenvalue weighted by molar-refractivity contribution is -0.141. The van der Waals surface area contributed by atoms with Crippen LogP contribution in [0, 0.1) is 0 Å². The molecule has 124 valence electrons. The molecule has 0 unspecified atom stereocenters. The average molecular weight is 328 g/mol. The van der Waals surface area contributed by atoms with Gasteiger partial charge in [-0.25, -0.2) is 4.98 Å². The van der Waals surface area contributed by atoms with Crippen molar-refractivity contribution in [1.29, 1.82) is 0 Å². The van der Waals surface area contributed by atoms with Crippen molar-refractivity contribution in [2.75, 3.05) is 6.61 Å². The molecule has 2 aromatic rings. The van der Waals surface area contributed by atoms with Gasteiger partial charge in [0.2, 0.25) is 5.88 Å². The van der Waals surface area contributed by atoms with Crippen LogP contribution in [0.3, 0.4) is 0 Å². The molecule has 0 fully saturated rings. The maximum Gasteiger partial charge on any atom is 0.435 e. The number of carbonyl (C=O) groups excluding carboxylic acids is 1. The number of hydrogen-bond donors (Lipinski definition) is 1. The second kappa shape index (κ2) is 6.67. The summed E-state index contributed by atoms with van der Waals surface area (Å²) in [4.78, 5) is 16.0. The van der Waals surface area contributed by atoms with Gasteiger partial charge < -0.3 is 10.1 Å². The van der Waals surface area contributed by atoms with Crippen molar-refractivity contribution in [2.24, 2.45) is 7.05 Å². The van der Waals surface area contributed by atoms with E-state index < -0.39 is 23.3 Å². The van der Waals surface area contributed by atoms with Gasteiger partial charge in [0.25, 0.3) is 5.91 Å². The van der Waals surface area contributed by atoms with E-state index in [-0.39, 0.29) is 6.54 Å². The maximum absolute atomic E-state index is 12.8. The molecular formula is C14H15F3N4O2. The van der Waals surface area contributed by atoms with Crippen LogP contribution in [0.5, 0.6) is 5.88 Å². The van der Waals surface area contributed by atoms with Gasteiger partial charge >= 0.3 is 6.18 Å². The highest BCUT2D eigenvalue weighted by atomic mass is 19.4. The Kier molecular flexibility index (Phi) is 4.87. The summed E-state index contributed by atoms with van der Waals surface area (Å²) in [5.41, 5.74) is -1.06. The SMILES string of the molecule is CCOc1cc(CNC(=O)c2cn(C)nc2C(F)(F)F)ccn1. The molecule has 2 heterocycles. The number of aromatic nitrogens is 3. The molecule has 23 heavy (non-hydrogen) atoms. The van der Waals surface area contributed by atoms with Crippen LogP contribution in [0.4, 0.5) is 13.2 Å². The van der Waals surface area contributed by atoms with Crippen LogP contribution in [-0.4, -0.2) is 27.3 Å². The Morgan fingerprint density at radius 1 is 1.43 bits per heavy atom. The third kappa shape index (κ3) is 4.21. The van der Waals surface area contributed by atoms with E-state index in [4.69, 9.17) is 4.74 Å². The molecular weight excluding hydrogens is 313 g/mol. The first kappa shape index (κ1) is 16.8. The summed E-state index contributed by atoms with van der Waals surface area (Å²) < 4.78 is 44.7. The largest absolute Gasteiger partial charge is 0.478 e. The quantitative estimate of drug-likeness (QED) is 0.913. The fourth-order valence-corrected chi connectivity index (χ4v) is 1.93. The van der Waals surface area contributed by atoms with E-state index in [1.165, 1.54) is 13.2 Å². The summed E-state index contributed by atoms with van der Waals surface area (Å²) in [5, 5.41) is 5.73. The fourth-order valence-electron chi connectivity index (χ4n) is 1.93. The predicted octanol–water partition coefficient (Wildman–Crippen LogP) is 2.16.